The fraction of sp³-hybridized carbons (Fsp3) is 0.667. The predicted octanol–water partition coefficient (Wildman–Crippen LogP) is 1.16. The van der Waals surface area contributed by atoms with Gasteiger partial charge in [-0.25, -0.2) is 4.98 Å². The van der Waals surface area contributed by atoms with Crippen molar-refractivity contribution in [1.82, 2.24) is 9.97 Å². The minimum Gasteiger partial charge on any atom is -0.461 e. The molecule has 1 unspecified atom stereocenters. The molecule has 0 bridgehead atoms. The number of aromatic nitrogens is 2. The van der Waals surface area contributed by atoms with Crippen molar-refractivity contribution < 1.29 is 9.53 Å². The quantitative estimate of drug-likeness (QED) is 0.770. The fourth-order valence-corrected chi connectivity index (χ4v) is 2.15. The number of esters is 1. The Morgan fingerprint density at radius 3 is 2.94 bits per heavy atom. The summed E-state index contributed by atoms with van der Waals surface area (Å²) in [5.74, 6) is -0.300. The van der Waals surface area contributed by atoms with E-state index in [0.717, 1.165) is 31.4 Å². The van der Waals surface area contributed by atoms with Crippen LogP contribution in [0, 0.1) is 0 Å². The maximum atomic E-state index is 11.8. The minimum absolute atomic E-state index is 0.0732. The zero-order chi connectivity index (χ0) is 12.1. The Balaban J connectivity index is 1.78. The minimum atomic E-state index is -0.600. The van der Waals surface area contributed by atoms with E-state index in [0.29, 0.717) is 6.42 Å². The van der Waals surface area contributed by atoms with Crippen molar-refractivity contribution >= 4 is 5.97 Å². The normalized spacial score (nSPS) is 18.9. The van der Waals surface area contributed by atoms with Crippen LogP contribution in [0.4, 0.5) is 0 Å². The highest BCUT2D eigenvalue weighted by atomic mass is 16.5. The molecule has 0 amide bonds. The van der Waals surface area contributed by atoms with Gasteiger partial charge in [0.25, 0.3) is 0 Å². The number of hydrogen-bond acceptors (Lipinski definition) is 4. The zero-order valence-corrected chi connectivity index (χ0v) is 9.89. The molecule has 17 heavy (non-hydrogen) atoms. The van der Waals surface area contributed by atoms with Crippen LogP contribution < -0.4 is 5.73 Å². The van der Waals surface area contributed by atoms with Gasteiger partial charge in [-0.2, -0.15) is 0 Å². The number of imidazole rings is 1. The SMILES string of the molecule is NC(Cc1cnc[nH]1)C(=O)OC1CCCCC1. The fourth-order valence-electron chi connectivity index (χ4n) is 2.15. The summed E-state index contributed by atoms with van der Waals surface area (Å²) in [4.78, 5) is 18.6. The molecule has 1 aromatic heterocycles. The van der Waals surface area contributed by atoms with Crippen molar-refractivity contribution in [2.45, 2.75) is 50.7 Å². The van der Waals surface area contributed by atoms with Gasteiger partial charge in [-0.1, -0.05) is 6.42 Å². The van der Waals surface area contributed by atoms with E-state index in [1.807, 2.05) is 0 Å². The molecule has 1 heterocycles. The number of nitrogens with zero attached hydrogens (tertiary/aromatic N) is 1. The molecule has 94 valence electrons. The summed E-state index contributed by atoms with van der Waals surface area (Å²) >= 11 is 0. The Bertz CT molecular complexity index is 345. The van der Waals surface area contributed by atoms with Crippen molar-refractivity contribution in [3.05, 3.63) is 18.2 Å². The number of carbonyl (C=O) groups excluding carboxylic acids is 1. The maximum absolute atomic E-state index is 11.8. The predicted molar refractivity (Wildman–Crippen MR) is 63.2 cm³/mol. The van der Waals surface area contributed by atoms with Crippen molar-refractivity contribution in [3.63, 3.8) is 0 Å². The Morgan fingerprint density at radius 1 is 1.53 bits per heavy atom. The number of aromatic amines is 1. The third-order valence-electron chi connectivity index (χ3n) is 3.13. The smallest absolute Gasteiger partial charge is 0.323 e. The van der Waals surface area contributed by atoms with Gasteiger partial charge in [0, 0.05) is 18.3 Å². The van der Waals surface area contributed by atoms with E-state index in [2.05, 4.69) is 9.97 Å². The number of rotatable bonds is 4. The Kier molecular flexibility index (Phi) is 4.14. The average molecular weight is 237 g/mol. The van der Waals surface area contributed by atoms with Crippen molar-refractivity contribution in [1.29, 1.82) is 0 Å². The number of hydrogen-bond donors (Lipinski definition) is 2. The van der Waals surface area contributed by atoms with Crippen LogP contribution in [-0.2, 0) is 16.0 Å². The highest BCUT2D eigenvalue weighted by molar-refractivity contribution is 5.76. The van der Waals surface area contributed by atoms with E-state index < -0.39 is 6.04 Å². The molecule has 0 spiro atoms. The summed E-state index contributed by atoms with van der Waals surface area (Å²) in [5, 5.41) is 0. The number of nitrogens with two attached hydrogens (primary N) is 1. The number of ether oxygens (including phenoxy) is 1. The van der Waals surface area contributed by atoms with Crippen LogP contribution in [0.5, 0.6) is 0 Å². The van der Waals surface area contributed by atoms with E-state index in [1.165, 1.54) is 6.42 Å². The summed E-state index contributed by atoms with van der Waals surface area (Å²) < 4.78 is 5.40. The standard InChI is InChI=1S/C12H19N3O2/c13-11(6-9-7-14-8-15-9)12(16)17-10-4-2-1-3-5-10/h7-8,10-11H,1-6,13H2,(H,14,15). The first-order valence-corrected chi connectivity index (χ1v) is 6.19. The topological polar surface area (TPSA) is 81.0 Å². The first kappa shape index (κ1) is 12.1. The lowest BCUT2D eigenvalue weighted by atomic mass is 9.98. The van der Waals surface area contributed by atoms with Crippen LogP contribution in [0.2, 0.25) is 0 Å². The molecule has 3 N–H and O–H groups in total. The number of nitrogens with one attached hydrogen (secondary N) is 1. The molecular formula is C12H19N3O2. The lowest BCUT2D eigenvalue weighted by Gasteiger charge is -2.23. The Morgan fingerprint density at radius 2 is 2.29 bits per heavy atom. The number of H-pyrrole nitrogens is 1. The van der Waals surface area contributed by atoms with Gasteiger partial charge < -0.3 is 15.5 Å². The van der Waals surface area contributed by atoms with Crippen LogP contribution in [-0.4, -0.2) is 28.1 Å². The van der Waals surface area contributed by atoms with E-state index in [-0.39, 0.29) is 12.1 Å². The molecular weight excluding hydrogens is 218 g/mol. The van der Waals surface area contributed by atoms with Crippen LogP contribution in [0.25, 0.3) is 0 Å². The van der Waals surface area contributed by atoms with Crippen molar-refractivity contribution in [2.75, 3.05) is 0 Å². The molecule has 1 atom stereocenters. The Hall–Kier alpha value is -1.36. The lowest BCUT2D eigenvalue weighted by Crippen LogP contribution is -2.37. The summed E-state index contributed by atoms with van der Waals surface area (Å²) in [6, 6.07) is -0.600. The molecule has 1 aliphatic rings. The molecule has 1 fully saturated rings. The third-order valence-corrected chi connectivity index (χ3v) is 3.13. The van der Waals surface area contributed by atoms with Crippen LogP contribution in [0.1, 0.15) is 37.8 Å². The van der Waals surface area contributed by atoms with Crippen LogP contribution in [0.3, 0.4) is 0 Å². The van der Waals surface area contributed by atoms with Gasteiger partial charge in [0.1, 0.15) is 12.1 Å². The molecule has 0 aliphatic heterocycles. The molecule has 0 radical (unpaired) electrons. The van der Waals surface area contributed by atoms with Gasteiger partial charge >= 0.3 is 5.97 Å². The molecule has 2 rings (SSSR count). The van der Waals surface area contributed by atoms with Crippen molar-refractivity contribution in [2.24, 2.45) is 5.73 Å². The summed E-state index contributed by atoms with van der Waals surface area (Å²) in [6.07, 6.45) is 9.26. The van der Waals surface area contributed by atoms with E-state index in [4.69, 9.17) is 10.5 Å². The molecule has 0 aromatic carbocycles. The largest absolute Gasteiger partial charge is 0.461 e. The van der Waals surface area contributed by atoms with Gasteiger partial charge in [0.15, 0.2) is 0 Å². The van der Waals surface area contributed by atoms with E-state index in [9.17, 15) is 4.79 Å². The number of carbonyl (C=O) groups is 1. The molecule has 1 aliphatic carbocycles. The van der Waals surface area contributed by atoms with Crippen molar-refractivity contribution in [3.8, 4) is 0 Å². The lowest BCUT2D eigenvalue weighted by molar-refractivity contribution is -0.152. The monoisotopic (exact) mass is 237 g/mol. The Labute approximate surface area is 101 Å². The van der Waals surface area contributed by atoms with Gasteiger partial charge in [0.2, 0.25) is 0 Å². The summed E-state index contributed by atoms with van der Waals surface area (Å²) in [5.41, 5.74) is 6.66. The van der Waals surface area contributed by atoms with E-state index in [1.54, 1.807) is 12.5 Å². The zero-order valence-electron chi connectivity index (χ0n) is 9.89. The average Bonchev–Trinajstić information content (AvgIpc) is 2.83. The van der Waals surface area contributed by atoms with Crippen LogP contribution >= 0.6 is 0 Å². The first-order chi connectivity index (χ1) is 8.25. The maximum Gasteiger partial charge on any atom is 0.323 e. The molecule has 1 aromatic rings. The van der Waals surface area contributed by atoms with Gasteiger partial charge in [0.05, 0.1) is 6.33 Å². The highest BCUT2D eigenvalue weighted by Gasteiger charge is 2.22. The molecule has 5 heteroatoms. The molecule has 1 saturated carbocycles. The third kappa shape index (κ3) is 3.56. The summed E-state index contributed by atoms with van der Waals surface area (Å²) in [7, 11) is 0. The summed E-state index contributed by atoms with van der Waals surface area (Å²) in [6.45, 7) is 0. The van der Waals surface area contributed by atoms with Gasteiger partial charge in [-0.15, -0.1) is 0 Å². The first-order valence-electron chi connectivity index (χ1n) is 6.19. The van der Waals surface area contributed by atoms with E-state index >= 15 is 0 Å². The van der Waals surface area contributed by atoms with Crippen LogP contribution in [0.15, 0.2) is 12.5 Å². The highest BCUT2D eigenvalue weighted by Crippen LogP contribution is 2.20. The second-order valence-electron chi connectivity index (χ2n) is 4.58. The van der Waals surface area contributed by atoms with Gasteiger partial charge in [-0.05, 0) is 25.7 Å². The second-order valence-corrected chi connectivity index (χ2v) is 4.58. The molecule has 0 saturated heterocycles. The molecule has 5 nitrogen and oxygen atoms in total. The second kappa shape index (κ2) is 5.82. The van der Waals surface area contributed by atoms with Gasteiger partial charge in [-0.3, -0.25) is 4.79 Å².